The molecule has 0 saturated carbocycles. The zero-order valence-corrected chi connectivity index (χ0v) is 10.7. The summed E-state index contributed by atoms with van der Waals surface area (Å²) < 4.78 is 0. The van der Waals surface area contributed by atoms with Crippen molar-refractivity contribution in [2.45, 2.75) is 25.7 Å². The van der Waals surface area contributed by atoms with Crippen LogP contribution in [0.4, 0.5) is 0 Å². The van der Waals surface area contributed by atoms with Gasteiger partial charge in [-0.3, -0.25) is 4.79 Å². The van der Waals surface area contributed by atoms with Crippen LogP contribution in [0, 0.1) is 17.2 Å². The first kappa shape index (κ1) is 12.6. The molecule has 3 nitrogen and oxygen atoms in total. The number of carbonyl (C=O) groups excluding carboxylic acids is 1. The van der Waals surface area contributed by atoms with Crippen LogP contribution in [0.25, 0.3) is 0 Å². The second-order valence-corrected chi connectivity index (χ2v) is 4.88. The molecule has 1 atom stereocenters. The van der Waals surface area contributed by atoms with Crippen LogP contribution in [0.3, 0.4) is 0 Å². The zero-order chi connectivity index (χ0) is 13.0. The highest BCUT2D eigenvalue weighted by Gasteiger charge is 2.26. The molecular weight excluding hydrogens is 224 g/mol. The Hall–Kier alpha value is -1.82. The van der Waals surface area contributed by atoms with E-state index in [-0.39, 0.29) is 11.8 Å². The average Bonchev–Trinajstić information content (AvgIpc) is 2.43. The van der Waals surface area contributed by atoms with Crippen molar-refractivity contribution in [3.63, 3.8) is 0 Å². The normalized spacial score (nSPS) is 17.7. The number of nitrogens with zero attached hydrogens (tertiary/aromatic N) is 2. The molecule has 2 rings (SSSR count). The fraction of sp³-hybridized carbons (Fsp3) is 0.467. The lowest BCUT2D eigenvalue weighted by Gasteiger charge is -2.27. The largest absolute Gasteiger partial charge is 0.344 e. The lowest BCUT2D eigenvalue weighted by atomic mass is 9.83. The van der Waals surface area contributed by atoms with Crippen LogP contribution in [0.15, 0.2) is 24.3 Å². The van der Waals surface area contributed by atoms with Gasteiger partial charge in [0, 0.05) is 19.5 Å². The molecular formula is C15H18N2O. The molecule has 0 fully saturated rings. The number of amides is 1. The summed E-state index contributed by atoms with van der Waals surface area (Å²) in [6, 6.07) is 10.4. The third kappa shape index (κ3) is 2.70. The van der Waals surface area contributed by atoms with Crippen molar-refractivity contribution in [2.24, 2.45) is 5.92 Å². The SMILES string of the molecule is CN(CCC#N)C(=O)C1CCc2ccccc2C1. The molecule has 1 aliphatic rings. The van der Waals surface area contributed by atoms with Gasteiger partial charge in [0.05, 0.1) is 12.5 Å². The standard InChI is InChI=1S/C15H18N2O/c1-17(10-4-9-16)15(18)14-8-7-12-5-2-3-6-13(12)11-14/h2-3,5-6,14H,4,7-8,10-11H2,1H3. The van der Waals surface area contributed by atoms with Crippen molar-refractivity contribution in [1.29, 1.82) is 5.26 Å². The zero-order valence-electron chi connectivity index (χ0n) is 10.7. The summed E-state index contributed by atoms with van der Waals surface area (Å²) in [5.41, 5.74) is 2.68. The molecule has 0 N–H and O–H groups in total. The van der Waals surface area contributed by atoms with Crippen LogP contribution in [-0.4, -0.2) is 24.4 Å². The minimum absolute atomic E-state index is 0.0867. The molecule has 0 bridgehead atoms. The third-order valence-electron chi connectivity index (χ3n) is 3.63. The number of rotatable bonds is 3. The summed E-state index contributed by atoms with van der Waals surface area (Å²) in [4.78, 5) is 13.9. The molecule has 94 valence electrons. The fourth-order valence-corrected chi connectivity index (χ4v) is 2.55. The summed E-state index contributed by atoms with van der Waals surface area (Å²) in [5.74, 6) is 0.267. The van der Waals surface area contributed by atoms with Crippen molar-refractivity contribution in [3.8, 4) is 6.07 Å². The Labute approximate surface area is 108 Å². The van der Waals surface area contributed by atoms with Crippen LogP contribution in [-0.2, 0) is 17.6 Å². The lowest BCUT2D eigenvalue weighted by molar-refractivity contribution is -0.134. The first-order valence-electron chi connectivity index (χ1n) is 6.41. The first-order chi connectivity index (χ1) is 8.72. The molecule has 1 unspecified atom stereocenters. The maximum atomic E-state index is 12.2. The van der Waals surface area contributed by atoms with E-state index < -0.39 is 0 Å². The molecule has 0 aliphatic heterocycles. The van der Waals surface area contributed by atoms with Gasteiger partial charge in [0.25, 0.3) is 0 Å². The Morgan fingerprint density at radius 1 is 1.44 bits per heavy atom. The quantitative estimate of drug-likeness (QED) is 0.815. The first-order valence-corrected chi connectivity index (χ1v) is 6.41. The van der Waals surface area contributed by atoms with Gasteiger partial charge in [-0.15, -0.1) is 0 Å². The molecule has 0 spiro atoms. The average molecular weight is 242 g/mol. The van der Waals surface area contributed by atoms with Gasteiger partial charge < -0.3 is 4.90 Å². The fourth-order valence-electron chi connectivity index (χ4n) is 2.55. The smallest absolute Gasteiger partial charge is 0.225 e. The Bertz CT molecular complexity index is 476. The third-order valence-corrected chi connectivity index (χ3v) is 3.63. The van der Waals surface area contributed by atoms with E-state index in [2.05, 4.69) is 24.3 Å². The van der Waals surface area contributed by atoms with Crippen LogP contribution in [0.1, 0.15) is 24.0 Å². The van der Waals surface area contributed by atoms with Gasteiger partial charge in [0.15, 0.2) is 0 Å². The Kier molecular flexibility index (Phi) is 3.99. The van der Waals surface area contributed by atoms with Crippen molar-refractivity contribution in [2.75, 3.05) is 13.6 Å². The van der Waals surface area contributed by atoms with Crippen molar-refractivity contribution < 1.29 is 4.79 Å². The summed E-state index contributed by atoms with van der Waals surface area (Å²) >= 11 is 0. The highest BCUT2D eigenvalue weighted by Crippen LogP contribution is 2.26. The van der Waals surface area contributed by atoms with Gasteiger partial charge in [-0.25, -0.2) is 0 Å². The van der Waals surface area contributed by atoms with Crippen LogP contribution in [0.2, 0.25) is 0 Å². The molecule has 18 heavy (non-hydrogen) atoms. The van der Waals surface area contributed by atoms with Crippen LogP contribution < -0.4 is 0 Å². The maximum Gasteiger partial charge on any atom is 0.225 e. The molecule has 1 aromatic rings. The number of benzene rings is 1. The molecule has 1 aromatic carbocycles. The Balaban J connectivity index is 2.00. The van der Waals surface area contributed by atoms with Gasteiger partial charge in [-0.1, -0.05) is 24.3 Å². The van der Waals surface area contributed by atoms with Gasteiger partial charge in [0.1, 0.15) is 0 Å². The van der Waals surface area contributed by atoms with E-state index in [0.29, 0.717) is 13.0 Å². The summed E-state index contributed by atoms with van der Waals surface area (Å²) in [7, 11) is 1.79. The molecule has 0 heterocycles. The molecule has 1 aliphatic carbocycles. The Morgan fingerprint density at radius 2 is 2.17 bits per heavy atom. The van der Waals surface area contributed by atoms with E-state index >= 15 is 0 Å². The summed E-state index contributed by atoms with van der Waals surface area (Å²) in [5, 5.41) is 8.55. The predicted octanol–water partition coefficient (Wildman–Crippen LogP) is 2.16. The van der Waals surface area contributed by atoms with Crippen LogP contribution in [0.5, 0.6) is 0 Å². The number of aryl methyl sites for hydroxylation is 1. The van der Waals surface area contributed by atoms with Gasteiger partial charge in [-0.2, -0.15) is 5.26 Å². The highest BCUT2D eigenvalue weighted by atomic mass is 16.2. The van der Waals surface area contributed by atoms with Gasteiger partial charge in [0.2, 0.25) is 5.91 Å². The minimum atomic E-state index is 0.0867. The van der Waals surface area contributed by atoms with E-state index in [1.165, 1.54) is 11.1 Å². The topological polar surface area (TPSA) is 44.1 Å². The number of fused-ring (bicyclic) bond motifs is 1. The Morgan fingerprint density at radius 3 is 2.89 bits per heavy atom. The van der Waals surface area contributed by atoms with Crippen molar-refractivity contribution in [3.05, 3.63) is 35.4 Å². The van der Waals surface area contributed by atoms with E-state index in [1.54, 1.807) is 11.9 Å². The predicted molar refractivity (Wildman–Crippen MR) is 69.8 cm³/mol. The highest BCUT2D eigenvalue weighted by molar-refractivity contribution is 5.79. The maximum absolute atomic E-state index is 12.2. The van der Waals surface area contributed by atoms with Crippen molar-refractivity contribution >= 4 is 5.91 Å². The lowest BCUT2D eigenvalue weighted by Crippen LogP contribution is -2.36. The number of hydrogen-bond donors (Lipinski definition) is 0. The minimum Gasteiger partial charge on any atom is -0.344 e. The van der Waals surface area contributed by atoms with Gasteiger partial charge in [-0.05, 0) is 30.4 Å². The summed E-state index contributed by atoms with van der Waals surface area (Å²) in [6.07, 6.45) is 3.16. The second kappa shape index (κ2) is 5.68. The van der Waals surface area contributed by atoms with E-state index in [0.717, 1.165) is 19.3 Å². The van der Waals surface area contributed by atoms with E-state index in [1.807, 2.05) is 6.07 Å². The molecule has 0 aromatic heterocycles. The van der Waals surface area contributed by atoms with E-state index in [4.69, 9.17) is 5.26 Å². The second-order valence-electron chi connectivity index (χ2n) is 4.88. The molecule has 0 radical (unpaired) electrons. The van der Waals surface area contributed by atoms with E-state index in [9.17, 15) is 4.79 Å². The monoisotopic (exact) mass is 242 g/mol. The van der Waals surface area contributed by atoms with Gasteiger partial charge >= 0.3 is 0 Å². The molecule has 1 amide bonds. The number of nitriles is 1. The summed E-state index contributed by atoms with van der Waals surface area (Å²) in [6.45, 7) is 0.535. The number of carbonyl (C=O) groups is 1. The number of hydrogen-bond acceptors (Lipinski definition) is 2. The van der Waals surface area contributed by atoms with Crippen molar-refractivity contribution in [1.82, 2.24) is 4.90 Å². The van der Waals surface area contributed by atoms with Crippen LogP contribution >= 0.6 is 0 Å². The molecule has 0 saturated heterocycles. The molecule has 3 heteroatoms.